The number of carbonyl (C=O) groups is 1. The average molecular weight is 255 g/mol. The molecular formula is C13H18FNO3. The lowest BCUT2D eigenvalue weighted by Gasteiger charge is -2.16. The van der Waals surface area contributed by atoms with Gasteiger partial charge in [0.1, 0.15) is 5.82 Å². The van der Waals surface area contributed by atoms with Gasteiger partial charge in [-0.05, 0) is 37.1 Å². The van der Waals surface area contributed by atoms with Crippen molar-refractivity contribution >= 4 is 5.97 Å². The van der Waals surface area contributed by atoms with Gasteiger partial charge in [0.2, 0.25) is 0 Å². The number of benzene rings is 1. The van der Waals surface area contributed by atoms with E-state index in [0.29, 0.717) is 19.4 Å². The van der Waals surface area contributed by atoms with Gasteiger partial charge in [0.25, 0.3) is 0 Å². The van der Waals surface area contributed by atoms with E-state index in [1.54, 1.807) is 12.1 Å². The lowest BCUT2D eigenvalue weighted by Crippen LogP contribution is -2.34. The normalized spacial score (nSPS) is 12.3. The Balaban J connectivity index is 2.53. The fourth-order valence-electron chi connectivity index (χ4n) is 1.72. The van der Waals surface area contributed by atoms with Crippen molar-refractivity contribution in [2.24, 2.45) is 0 Å². The number of halogens is 1. The molecule has 1 aromatic rings. The molecule has 100 valence electrons. The van der Waals surface area contributed by atoms with Crippen LogP contribution in [-0.2, 0) is 11.2 Å². The maximum Gasteiger partial charge on any atom is 0.304 e. The van der Waals surface area contributed by atoms with E-state index in [9.17, 15) is 9.18 Å². The minimum atomic E-state index is -0.876. The molecule has 0 aliphatic rings. The van der Waals surface area contributed by atoms with Gasteiger partial charge >= 0.3 is 5.97 Å². The van der Waals surface area contributed by atoms with E-state index in [4.69, 9.17) is 10.2 Å². The molecule has 1 aromatic carbocycles. The van der Waals surface area contributed by atoms with E-state index in [1.165, 1.54) is 12.1 Å². The third kappa shape index (κ3) is 5.75. The molecule has 0 saturated carbocycles. The van der Waals surface area contributed by atoms with Crippen LogP contribution >= 0.6 is 0 Å². The zero-order chi connectivity index (χ0) is 13.4. The van der Waals surface area contributed by atoms with Gasteiger partial charge < -0.3 is 15.5 Å². The summed E-state index contributed by atoms with van der Waals surface area (Å²) in [6, 6.07) is 5.82. The number of rotatable bonds is 8. The zero-order valence-corrected chi connectivity index (χ0v) is 10.1. The van der Waals surface area contributed by atoms with Gasteiger partial charge in [-0.2, -0.15) is 0 Å². The number of aliphatic carboxylic acids is 1. The van der Waals surface area contributed by atoms with Gasteiger partial charge in [0.15, 0.2) is 0 Å². The molecule has 0 aliphatic heterocycles. The van der Waals surface area contributed by atoms with Crippen LogP contribution in [0.15, 0.2) is 24.3 Å². The van der Waals surface area contributed by atoms with Crippen LogP contribution in [0.1, 0.15) is 18.4 Å². The van der Waals surface area contributed by atoms with Crippen molar-refractivity contribution in [1.82, 2.24) is 5.32 Å². The second-order valence-corrected chi connectivity index (χ2v) is 4.16. The summed E-state index contributed by atoms with van der Waals surface area (Å²) < 4.78 is 12.7. The summed E-state index contributed by atoms with van der Waals surface area (Å²) in [5.74, 6) is -1.18. The zero-order valence-electron chi connectivity index (χ0n) is 10.1. The average Bonchev–Trinajstić information content (AvgIpc) is 2.31. The van der Waals surface area contributed by atoms with Crippen molar-refractivity contribution < 1.29 is 19.4 Å². The van der Waals surface area contributed by atoms with Crippen molar-refractivity contribution in [3.05, 3.63) is 35.6 Å². The lowest BCUT2D eigenvalue weighted by molar-refractivity contribution is -0.137. The molecule has 1 atom stereocenters. The number of carboxylic acid groups (broad SMARTS) is 1. The monoisotopic (exact) mass is 255 g/mol. The Morgan fingerprint density at radius 2 is 2.00 bits per heavy atom. The van der Waals surface area contributed by atoms with Crippen LogP contribution in [0.4, 0.5) is 4.39 Å². The second-order valence-electron chi connectivity index (χ2n) is 4.16. The Kier molecular flexibility index (Phi) is 6.32. The van der Waals surface area contributed by atoms with Crippen molar-refractivity contribution in [3.63, 3.8) is 0 Å². The molecule has 18 heavy (non-hydrogen) atoms. The molecular weight excluding hydrogens is 237 g/mol. The van der Waals surface area contributed by atoms with Crippen LogP contribution in [-0.4, -0.2) is 35.4 Å². The summed E-state index contributed by atoms with van der Waals surface area (Å²) in [7, 11) is 0. The third-order valence-electron chi connectivity index (χ3n) is 2.58. The second kappa shape index (κ2) is 7.79. The lowest BCUT2D eigenvalue weighted by atomic mass is 10.0. The summed E-state index contributed by atoms with van der Waals surface area (Å²) in [6.07, 6.45) is 1.11. The summed E-state index contributed by atoms with van der Waals surface area (Å²) in [6.45, 7) is 0.638. The van der Waals surface area contributed by atoms with E-state index in [2.05, 4.69) is 5.32 Å². The molecule has 1 unspecified atom stereocenters. The molecule has 0 radical (unpaired) electrons. The minimum absolute atomic E-state index is 0.00278. The van der Waals surface area contributed by atoms with Crippen LogP contribution in [0, 0.1) is 5.82 Å². The standard InChI is InChI=1S/C13H18FNO3/c14-11-4-2-10(3-5-11)8-12(9-13(17)18)15-6-1-7-16/h2-5,12,15-16H,1,6-9H2,(H,17,18). The number of nitrogens with one attached hydrogen (secondary N) is 1. The molecule has 0 heterocycles. The van der Waals surface area contributed by atoms with Crippen LogP contribution in [0.5, 0.6) is 0 Å². The van der Waals surface area contributed by atoms with Crippen LogP contribution in [0.3, 0.4) is 0 Å². The van der Waals surface area contributed by atoms with Crippen molar-refractivity contribution in [1.29, 1.82) is 0 Å². The number of aliphatic hydroxyl groups is 1. The minimum Gasteiger partial charge on any atom is -0.481 e. The molecule has 0 saturated heterocycles. The summed E-state index contributed by atoms with van der Waals surface area (Å²) >= 11 is 0. The highest BCUT2D eigenvalue weighted by Gasteiger charge is 2.13. The first-order chi connectivity index (χ1) is 8.61. The molecule has 0 bridgehead atoms. The highest BCUT2D eigenvalue weighted by atomic mass is 19.1. The maximum absolute atomic E-state index is 12.7. The van der Waals surface area contributed by atoms with Crippen LogP contribution < -0.4 is 5.32 Å². The fourth-order valence-corrected chi connectivity index (χ4v) is 1.72. The largest absolute Gasteiger partial charge is 0.481 e. The van der Waals surface area contributed by atoms with E-state index in [-0.39, 0.29) is 24.9 Å². The van der Waals surface area contributed by atoms with Crippen molar-refractivity contribution in [3.8, 4) is 0 Å². The highest BCUT2D eigenvalue weighted by molar-refractivity contribution is 5.67. The topological polar surface area (TPSA) is 69.6 Å². The van der Waals surface area contributed by atoms with Gasteiger partial charge in [-0.25, -0.2) is 4.39 Å². The predicted molar refractivity (Wildman–Crippen MR) is 65.9 cm³/mol. The maximum atomic E-state index is 12.7. The van der Waals surface area contributed by atoms with Gasteiger partial charge in [-0.3, -0.25) is 4.79 Å². The first-order valence-corrected chi connectivity index (χ1v) is 5.92. The van der Waals surface area contributed by atoms with Gasteiger partial charge in [0, 0.05) is 12.6 Å². The summed E-state index contributed by atoms with van der Waals surface area (Å²) in [4.78, 5) is 10.7. The van der Waals surface area contributed by atoms with E-state index < -0.39 is 5.97 Å². The molecule has 0 aliphatic carbocycles. The molecule has 4 nitrogen and oxygen atoms in total. The number of hydrogen-bond acceptors (Lipinski definition) is 3. The molecule has 0 aromatic heterocycles. The van der Waals surface area contributed by atoms with E-state index in [0.717, 1.165) is 5.56 Å². The molecule has 0 fully saturated rings. The van der Waals surface area contributed by atoms with Crippen molar-refractivity contribution in [2.75, 3.05) is 13.2 Å². The Hall–Kier alpha value is -1.46. The third-order valence-corrected chi connectivity index (χ3v) is 2.58. The summed E-state index contributed by atoms with van der Waals surface area (Å²) in [5, 5.41) is 20.6. The molecule has 5 heteroatoms. The molecule has 0 amide bonds. The smallest absolute Gasteiger partial charge is 0.304 e. The Morgan fingerprint density at radius 3 is 2.56 bits per heavy atom. The Labute approximate surface area is 105 Å². The van der Waals surface area contributed by atoms with E-state index in [1.807, 2.05) is 0 Å². The van der Waals surface area contributed by atoms with Crippen LogP contribution in [0.25, 0.3) is 0 Å². The Bertz CT molecular complexity index is 367. The van der Waals surface area contributed by atoms with E-state index >= 15 is 0 Å². The fraction of sp³-hybridized carbons (Fsp3) is 0.462. The molecule has 3 N–H and O–H groups in total. The number of aliphatic hydroxyl groups excluding tert-OH is 1. The number of carboxylic acids is 1. The molecule has 0 spiro atoms. The van der Waals surface area contributed by atoms with Gasteiger partial charge in [-0.15, -0.1) is 0 Å². The first kappa shape index (κ1) is 14.6. The quantitative estimate of drug-likeness (QED) is 0.610. The SMILES string of the molecule is O=C(O)CC(Cc1ccc(F)cc1)NCCCO. The number of hydrogen-bond donors (Lipinski definition) is 3. The van der Waals surface area contributed by atoms with Gasteiger partial charge in [0.05, 0.1) is 6.42 Å². The Morgan fingerprint density at radius 1 is 1.33 bits per heavy atom. The molecule has 1 rings (SSSR count). The predicted octanol–water partition coefficient (Wildman–Crippen LogP) is 1.18. The van der Waals surface area contributed by atoms with Crippen LogP contribution in [0.2, 0.25) is 0 Å². The van der Waals surface area contributed by atoms with Crippen molar-refractivity contribution in [2.45, 2.75) is 25.3 Å². The first-order valence-electron chi connectivity index (χ1n) is 5.92. The summed E-state index contributed by atoms with van der Waals surface area (Å²) in [5.41, 5.74) is 0.888. The highest BCUT2D eigenvalue weighted by Crippen LogP contribution is 2.08. The van der Waals surface area contributed by atoms with Gasteiger partial charge in [-0.1, -0.05) is 12.1 Å².